The molecule has 0 radical (unpaired) electrons. The van der Waals surface area contributed by atoms with E-state index in [4.69, 9.17) is 0 Å². The summed E-state index contributed by atoms with van der Waals surface area (Å²) in [7, 11) is 0. The van der Waals surface area contributed by atoms with Crippen molar-refractivity contribution in [2.75, 3.05) is 17.2 Å². The van der Waals surface area contributed by atoms with Crippen molar-refractivity contribution in [3.05, 3.63) is 53.9 Å². The maximum absolute atomic E-state index is 12.1. The number of hydrogen-bond acceptors (Lipinski definition) is 3. The number of nitrogens with one attached hydrogen (secondary N) is 2. The average Bonchev–Trinajstić information content (AvgIpc) is 2.85. The summed E-state index contributed by atoms with van der Waals surface area (Å²) < 4.78 is 0. The van der Waals surface area contributed by atoms with Gasteiger partial charge in [-0.1, -0.05) is 18.2 Å². The van der Waals surface area contributed by atoms with Gasteiger partial charge in [0.25, 0.3) is 0 Å². The van der Waals surface area contributed by atoms with Crippen LogP contribution in [0.4, 0.5) is 11.4 Å². The molecule has 0 aliphatic carbocycles. The van der Waals surface area contributed by atoms with Crippen LogP contribution in [0.2, 0.25) is 0 Å². The van der Waals surface area contributed by atoms with Crippen LogP contribution in [0.15, 0.2) is 42.6 Å². The van der Waals surface area contributed by atoms with Gasteiger partial charge < -0.3 is 10.6 Å². The van der Waals surface area contributed by atoms with Gasteiger partial charge in [-0.05, 0) is 30.7 Å². The van der Waals surface area contributed by atoms with Crippen LogP contribution in [-0.2, 0) is 4.79 Å². The molecule has 1 unspecified atom stereocenters. The SMILES string of the molecule is Cc1ccc(NC(=O)CC2CNc3ccccc32)cn1. The minimum absolute atomic E-state index is 0.0270. The Bertz CT molecular complexity index is 622. The van der Waals surface area contributed by atoms with E-state index < -0.39 is 0 Å². The van der Waals surface area contributed by atoms with Crippen molar-refractivity contribution in [2.24, 2.45) is 0 Å². The fourth-order valence-corrected chi connectivity index (χ4v) is 2.52. The molecule has 2 heterocycles. The molecule has 20 heavy (non-hydrogen) atoms. The Morgan fingerprint density at radius 2 is 2.20 bits per heavy atom. The predicted molar refractivity (Wildman–Crippen MR) is 79.9 cm³/mol. The second-order valence-corrected chi connectivity index (χ2v) is 5.11. The number of aryl methyl sites for hydroxylation is 1. The molecule has 1 atom stereocenters. The maximum Gasteiger partial charge on any atom is 0.225 e. The molecule has 2 aromatic rings. The van der Waals surface area contributed by atoms with Crippen molar-refractivity contribution in [1.29, 1.82) is 0 Å². The number of carbonyl (C=O) groups excluding carboxylic acids is 1. The monoisotopic (exact) mass is 267 g/mol. The molecule has 0 spiro atoms. The van der Waals surface area contributed by atoms with E-state index in [2.05, 4.69) is 27.8 Å². The molecule has 102 valence electrons. The van der Waals surface area contributed by atoms with E-state index in [0.717, 1.165) is 23.6 Å². The van der Waals surface area contributed by atoms with Crippen LogP contribution in [0.25, 0.3) is 0 Å². The Balaban J connectivity index is 1.64. The normalized spacial score (nSPS) is 16.4. The molecular formula is C16H17N3O. The first-order valence-electron chi connectivity index (χ1n) is 6.77. The third kappa shape index (κ3) is 2.64. The number of rotatable bonds is 3. The second kappa shape index (κ2) is 5.33. The first-order valence-corrected chi connectivity index (χ1v) is 6.77. The summed E-state index contributed by atoms with van der Waals surface area (Å²) in [5, 5.41) is 6.23. The van der Waals surface area contributed by atoms with E-state index in [1.807, 2.05) is 31.2 Å². The number of anilines is 2. The lowest BCUT2D eigenvalue weighted by Gasteiger charge is -2.10. The molecule has 0 bridgehead atoms. The van der Waals surface area contributed by atoms with Crippen molar-refractivity contribution < 1.29 is 4.79 Å². The summed E-state index contributed by atoms with van der Waals surface area (Å²) in [4.78, 5) is 16.3. The number of amides is 1. The molecule has 1 amide bonds. The fraction of sp³-hybridized carbons (Fsp3) is 0.250. The lowest BCUT2D eigenvalue weighted by Crippen LogP contribution is -2.16. The Morgan fingerprint density at radius 1 is 1.35 bits per heavy atom. The van der Waals surface area contributed by atoms with Crippen LogP contribution in [0.5, 0.6) is 0 Å². The van der Waals surface area contributed by atoms with E-state index in [0.29, 0.717) is 6.42 Å². The summed E-state index contributed by atoms with van der Waals surface area (Å²) in [6.45, 7) is 2.74. The largest absolute Gasteiger partial charge is 0.384 e. The van der Waals surface area contributed by atoms with E-state index >= 15 is 0 Å². The zero-order chi connectivity index (χ0) is 13.9. The molecule has 0 saturated heterocycles. The smallest absolute Gasteiger partial charge is 0.225 e. The minimum atomic E-state index is 0.0270. The molecule has 3 rings (SSSR count). The molecule has 1 aromatic carbocycles. The van der Waals surface area contributed by atoms with Gasteiger partial charge in [0.1, 0.15) is 0 Å². The summed E-state index contributed by atoms with van der Waals surface area (Å²) >= 11 is 0. The van der Waals surface area contributed by atoms with Crippen LogP contribution in [0, 0.1) is 6.92 Å². The highest BCUT2D eigenvalue weighted by molar-refractivity contribution is 5.91. The van der Waals surface area contributed by atoms with Crippen molar-refractivity contribution in [2.45, 2.75) is 19.3 Å². The molecule has 1 aliphatic rings. The highest BCUT2D eigenvalue weighted by Crippen LogP contribution is 2.33. The number of carbonyl (C=O) groups is 1. The van der Waals surface area contributed by atoms with E-state index in [1.165, 1.54) is 5.56 Å². The van der Waals surface area contributed by atoms with E-state index in [1.54, 1.807) is 6.20 Å². The summed E-state index contributed by atoms with van der Waals surface area (Å²) in [5.74, 6) is 0.267. The Hall–Kier alpha value is -2.36. The standard InChI is InChI=1S/C16H17N3O/c1-11-6-7-13(10-17-11)19-16(20)8-12-9-18-15-5-3-2-4-14(12)15/h2-7,10,12,18H,8-9H2,1H3,(H,19,20). The van der Waals surface area contributed by atoms with Gasteiger partial charge in [-0.3, -0.25) is 9.78 Å². The zero-order valence-corrected chi connectivity index (χ0v) is 11.4. The minimum Gasteiger partial charge on any atom is -0.384 e. The van der Waals surface area contributed by atoms with Crippen LogP contribution in [0.1, 0.15) is 23.6 Å². The zero-order valence-electron chi connectivity index (χ0n) is 11.4. The van der Waals surface area contributed by atoms with Gasteiger partial charge in [0.15, 0.2) is 0 Å². The highest BCUT2D eigenvalue weighted by Gasteiger charge is 2.23. The number of para-hydroxylation sites is 1. The van der Waals surface area contributed by atoms with Crippen LogP contribution in [0.3, 0.4) is 0 Å². The maximum atomic E-state index is 12.1. The van der Waals surface area contributed by atoms with Crippen molar-refractivity contribution in [1.82, 2.24) is 4.98 Å². The lowest BCUT2D eigenvalue weighted by atomic mass is 9.97. The Labute approximate surface area is 118 Å². The van der Waals surface area contributed by atoms with Gasteiger partial charge in [-0.2, -0.15) is 0 Å². The van der Waals surface area contributed by atoms with Gasteiger partial charge in [-0.15, -0.1) is 0 Å². The first kappa shape index (κ1) is 12.7. The lowest BCUT2D eigenvalue weighted by molar-refractivity contribution is -0.116. The highest BCUT2D eigenvalue weighted by atomic mass is 16.1. The van der Waals surface area contributed by atoms with Gasteiger partial charge in [-0.25, -0.2) is 0 Å². The molecule has 2 N–H and O–H groups in total. The van der Waals surface area contributed by atoms with Gasteiger partial charge in [0.2, 0.25) is 5.91 Å². The summed E-state index contributed by atoms with van der Waals surface area (Å²) in [5.41, 5.74) is 4.06. The first-order chi connectivity index (χ1) is 9.72. The molecule has 4 nitrogen and oxygen atoms in total. The molecule has 1 aromatic heterocycles. The average molecular weight is 267 g/mol. The Morgan fingerprint density at radius 3 is 3.00 bits per heavy atom. The van der Waals surface area contributed by atoms with Crippen LogP contribution in [-0.4, -0.2) is 17.4 Å². The summed E-state index contributed by atoms with van der Waals surface area (Å²) in [6, 6.07) is 11.9. The Kier molecular flexibility index (Phi) is 3.37. The van der Waals surface area contributed by atoms with Gasteiger partial charge in [0, 0.05) is 30.3 Å². The molecule has 4 heteroatoms. The third-order valence-corrected chi connectivity index (χ3v) is 3.57. The fourth-order valence-electron chi connectivity index (χ4n) is 2.52. The molecule has 1 aliphatic heterocycles. The third-order valence-electron chi connectivity index (χ3n) is 3.57. The number of aromatic nitrogens is 1. The molecule has 0 saturated carbocycles. The quantitative estimate of drug-likeness (QED) is 0.899. The number of benzene rings is 1. The predicted octanol–water partition coefficient (Wildman–Crippen LogP) is 2.93. The molecule has 0 fully saturated rings. The van der Waals surface area contributed by atoms with Gasteiger partial charge >= 0.3 is 0 Å². The van der Waals surface area contributed by atoms with E-state index in [-0.39, 0.29) is 11.8 Å². The molecular weight excluding hydrogens is 250 g/mol. The number of nitrogens with zero attached hydrogens (tertiary/aromatic N) is 1. The van der Waals surface area contributed by atoms with Crippen molar-refractivity contribution in [3.63, 3.8) is 0 Å². The van der Waals surface area contributed by atoms with Gasteiger partial charge in [0.05, 0.1) is 11.9 Å². The summed E-state index contributed by atoms with van der Waals surface area (Å²) in [6.07, 6.45) is 2.17. The van der Waals surface area contributed by atoms with Crippen LogP contribution < -0.4 is 10.6 Å². The van der Waals surface area contributed by atoms with Crippen molar-refractivity contribution >= 4 is 17.3 Å². The second-order valence-electron chi connectivity index (χ2n) is 5.11. The van der Waals surface area contributed by atoms with Crippen molar-refractivity contribution in [3.8, 4) is 0 Å². The van der Waals surface area contributed by atoms with E-state index in [9.17, 15) is 4.79 Å². The number of hydrogen-bond donors (Lipinski definition) is 2. The number of fused-ring (bicyclic) bond motifs is 1. The van der Waals surface area contributed by atoms with Crippen LogP contribution >= 0.6 is 0 Å². The number of pyridine rings is 1. The topological polar surface area (TPSA) is 54.0 Å².